The number of aromatic nitrogens is 3. The van der Waals surface area contributed by atoms with Crippen LogP contribution in [0.5, 0.6) is 0 Å². The lowest BCUT2D eigenvalue weighted by atomic mass is 10.0. The number of carbonyl (C=O) groups is 1. The number of likely N-dealkylation sites (tertiary alicyclic amines) is 1. The molecule has 6 heteroatoms. The monoisotopic (exact) mass is 322 g/mol. The zero-order valence-corrected chi connectivity index (χ0v) is 13.2. The summed E-state index contributed by atoms with van der Waals surface area (Å²) in [7, 11) is 0. The van der Waals surface area contributed by atoms with Crippen molar-refractivity contribution in [1.82, 2.24) is 19.4 Å². The number of amides is 1. The molecule has 0 atom stereocenters. The molecule has 24 heavy (non-hydrogen) atoms. The number of hydrogen-bond acceptors (Lipinski definition) is 3. The van der Waals surface area contributed by atoms with E-state index in [0.717, 1.165) is 35.4 Å². The third-order valence-electron chi connectivity index (χ3n) is 4.58. The van der Waals surface area contributed by atoms with Crippen molar-refractivity contribution in [3.8, 4) is 11.4 Å². The molecule has 1 aliphatic rings. The number of imidazole rings is 1. The first-order chi connectivity index (χ1) is 11.7. The molecule has 1 aliphatic heterocycles. The number of piperidine rings is 1. The fourth-order valence-corrected chi connectivity index (χ4v) is 3.38. The minimum atomic E-state index is -0.842. The van der Waals surface area contributed by atoms with E-state index in [9.17, 15) is 4.79 Å². The van der Waals surface area contributed by atoms with E-state index in [1.165, 1.54) is 4.90 Å². The zero-order chi connectivity index (χ0) is 16.5. The van der Waals surface area contributed by atoms with Gasteiger partial charge in [-0.3, -0.25) is 0 Å². The van der Waals surface area contributed by atoms with Crippen LogP contribution in [0.4, 0.5) is 4.79 Å². The number of fused-ring (bicyclic) bond motifs is 1. The van der Waals surface area contributed by atoms with E-state index in [4.69, 9.17) is 10.1 Å². The van der Waals surface area contributed by atoms with Crippen molar-refractivity contribution >= 4 is 17.3 Å². The maximum Gasteiger partial charge on any atom is 0.407 e. The van der Waals surface area contributed by atoms with Crippen LogP contribution < -0.4 is 0 Å². The van der Waals surface area contributed by atoms with E-state index in [2.05, 4.69) is 9.55 Å². The Morgan fingerprint density at radius 1 is 1.08 bits per heavy atom. The van der Waals surface area contributed by atoms with Gasteiger partial charge in [0.25, 0.3) is 0 Å². The average molecular weight is 322 g/mol. The van der Waals surface area contributed by atoms with E-state index < -0.39 is 6.09 Å². The van der Waals surface area contributed by atoms with Gasteiger partial charge in [-0.2, -0.15) is 0 Å². The molecule has 1 N–H and O–H groups in total. The van der Waals surface area contributed by atoms with Crippen molar-refractivity contribution in [2.45, 2.75) is 18.9 Å². The molecular weight excluding hydrogens is 304 g/mol. The largest absolute Gasteiger partial charge is 0.465 e. The zero-order valence-electron chi connectivity index (χ0n) is 13.2. The topological polar surface area (TPSA) is 71.2 Å². The number of pyridine rings is 1. The number of rotatable bonds is 2. The minimum Gasteiger partial charge on any atom is -0.465 e. The Kier molecular flexibility index (Phi) is 3.65. The number of carboxylic acid groups (broad SMARTS) is 1. The maximum atomic E-state index is 11.1. The van der Waals surface area contributed by atoms with Gasteiger partial charge in [-0.25, -0.2) is 14.8 Å². The van der Waals surface area contributed by atoms with Crippen LogP contribution in [0.1, 0.15) is 18.9 Å². The normalized spacial score (nSPS) is 15.8. The molecule has 1 saturated heterocycles. The summed E-state index contributed by atoms with van der Waals surface area (Å²) < 4.78 is 2.18. The Labute approximate surface area is 139 Å². The lowest BCUT2D eigenvalue weighted by Crippen LogP contribution is -2.38. The van der Waals surface area contributed by atoms with E-state index in [0.29, 0.717) is 13.1 Å². The number of nitrogens with zero attached hydrogens (tertiary/aromatic N) is 4. The van der Waals surface area contributed by atoms with Crippen LogP contribution in [-0.4, -0.2) is 43.7 Å². The highest BCUT2D eigenvalue weighted by molar-refractivity contribution is 5.77. The van der Waals surface area contributed by atoms with Gasteiger partial charge < -0.3 is 14.6 Å². The SMILES string of the molecule is O=C(O)N1CCC(n2c(-c3ccccc3)nc3cccnc32)CC1. The van der Waals surface area contributed by atoms with Gasteiger partial charge >= 0.3 is 6.09 Å². The van der Waals surface area contributed by atoms with Gasteiger partial charge in [0, 0.05) is 30.9 Å². The Hall–Kier alpha value is -2.89. The Balaban J connectivity index is 1.78. The van der Waals surface area contributed by atoms with Gasteiger partial charge in [-0.15, -0.1) is 0 Å². The van der Waals surface area contributed by atoms with Crippen molar-refractivity contribution in [2.75, 3.05) is 13.1 Å². The molecular formula is C18H18N4O2. The molecule has 4 rings (SSSR count). The third-order valence-corrected chi connectivity index (χ3v) is 4.58. The highest BCUT2D eigenvalue weighted by atomic mass is 16.4. The Morgan fingerprint density at radius 2 is 1.83 bits per heavy atom. The average Bonchev–Trinajstić information content (AvgIpc) is 3.02. The van der Waals surface area contributed by atoms with Crippen molar-refractivity contribution in [3.63, 3.8) is 0 Å². The summed E-state index contributed by atoms with van der Waals surface area (Å²) in [5.74, 6) is 0.901. The summed E-state index contributed by atoms with van der Waals surface area (Å²) in [6.45, 7) is 1.08. The van der Waals surface area contributed by atoms with Crippen LogP contribution in [0.2, 0.25) is 0 Å². The lowest BCUT2D eigenvalue weighted by molar-refractivity contribution is 0.126. The van der Waals surface area contributed by atoms with E-state index in [-0.39, 0.29) is 6.04 Å². The molecule has 1 aromatic carbocycles. The van der Waals surface area contributed by atoms with Crippen LogP contribution in [0.15, 0.2) is 48.7 Å². The molecule has 1 amide bonds. The first-order valence-electron chi connectivity index (χ1n) is 8.10. The van der Waals surface area contributed by atoms with Crippen LogP contribution >= 0.6 is 0 Å². The summed E-state index contributed by atoms with van der Waals surface area (Å²) in [6.07, 6.45) is 2.48. The highest BCUT2D eigenvalue weighted by Crippen LogP contribution is 2.32. The molecule has 0 aliphatic carbocycles. The van der Waals surface area contributed by atoms with Crippen LogP contribution in [0.25, 0.3) is 22.6 Å². The summed E-state index contributed by atoms with van der Waals surface area (Å²) in [4.78, 5) is 21.9. The van der Waals surface area contributed by atoms with Crippen molar-refractivity contribution < 1.29 is 9.90 Å². The summed E-state index contributed by atoms with van der Waals surface area (Å²) in [5, 5.41) is 9.15. The first kappa shape index (κ1) is 14.7. The maximum absolute atomic E-state index is 11.1. The second-order valence-corrected chi connectivity index (χ2v) is 6.02. The smallest absolute Gasteiger partial charge is 0.407 e. The van der Waals surface area contributed by atoms with E-state index in [1.54, 1.807) is 6.20 Å². The molecule has 6 nitrogen and oxygen atoms in total. The summed E-state index contributed by atoms with van der Waals surface area (Å²) >= 11 is 0. The summed E-state index contributed by atoms with van der Waals surface area (Å²) in [5.41, 5.74) is 2.79. The third kappa shape index (κ3) is 2.50. The van der Waals surface area contributed by atoms with Crippen molar-refractivity contribution in [2.24, 2.45) is 0 Å². The van der Waals surface area contributed by atoms with Gasteiger partial charge in [0.1, 0.15) is 11.3 Å². The number of hydrogen-bond donors (Lipinski definition) is 1. The molecule has 0 bridgehead atoms. The molecule has 3 aromatic rings. The van der Waals surface area contributed by atoms with Gasteiger partial charge in [0.2, 0.25) is 0 Å². The second kappa shape index (κ2) is 5.96. The summed E-state index contributed by atoms with van der Waals surface area (Å²) in [6, 6.07) is 14.1. The molecule has 2 aromatic heterocycles. The van der Waals surface area contributed by atoms with Crippen molar-refractivity contribution in [3.05, 3.63) is 48.7 Å². The molecule has 0 spiro atoms. The predicted octanol–water partition coefficient (Wildman–Crippen LogP) is 3.41. The van der Waals surface area contributed by atoms with Gasteiger partial charge in [-0.05, 0) is 25.0 Å². The Morgan fingerprint density at radius 3 is 2.54 bits per heavy atom. The predicted molar refractivity (Wildman–Crippen MR) is 90.8 cm³/mol. The standard InChI is InChI=1S/C18H18N4O2/c23-18(24)21-11-8-14(9-12-21)22-16(13-5-2-1-3-6-13)20-15-7-4-10-19-17(15)22/h1-7,10,14H,8-9,11-12H2,(H,23,24). The molecule has 0 saturated carbocycles. The Bertz CT molecular complexity index is 867. The first-order valence-corrected chi connectivity index (χ1v) is 8.10. The van der Waals surface area contributed by atoms with Crippen LogP contribution in [0, 0.1) is 0 Å². The van der Waals surface area contributed by atoms with Gasteiger partial charge in [0.15, 0.2) is 5.65 Å². The van der Waals surface area contributed by atoms with Gasteiger partial charge in [-0.1, -0.05) is 30.3 Å². The van der Waals surface area contributed by atoms with E-state index >= 15 is 0 Å². The van der Waals surface area contributed by atoms with E-state index in [1.807, 2.05) is 42.5 Å². The molecule has 3 heterocycles. The quantitative estimate of drug-likeness (QED) is 0.785. The van der Waals surface area contributed by atoms with Crippen LogP contribution in [0.3, 0.4) is 0 Å². The van der Waals surface area contributed by atoms with Crippen molar-refractivity contribution in [1.29, 1.82) is 0 Å². The molecule has 0 radical (unpaired) electrons. The highest BCUT2D eigenvalue weighted by Gasteiger charge is 2.27. The minimum absolute atomic E-state index is 0.204. The van der Waals surface area contributed by atoms with Crippen LogP contribution in [-0.2, 0) is 0 Å². The molecule has 122 valence electrons. The second-order valence-electron chi connectivity index (χ2n) is 6.02. The molecule has 1 fully saturated rings. The fraction of sp³-hybridized carbons (Fsp3) is 0.278. The van der Waals surface area contributed by atoms with Gasteiger partial charge in [0.05, 0.1) is 0 Å². The lowest BCUT2D eigenvalue weighted by Gasteiger charge is -2.31. The fourth-order valence-electron chi connectivity index (χ4n) is 3.38. The molecule has 0 unspecified atom stereocenters. The number of benzene rings is 1.